The van der Waals surface area contributed by atoms with Crippen molar-refractivity contribution < 1.29 is 18.7 Å². The molecule has 28 heavy (non-hydrogen) atoms. The van der Waals surface area contributed by atoms with E-state index in [9.17, 15) is 14.0 Å². The monoisotopic (exact) mass is 399 g/mol. The summed E-state index contributed by atoms with van der Waals surface area (Å²) < 4.78 is 18.4. The van der Waals surface area contributed by atoms with E-state index in [0.29, 0.717) is 10.7 Å². The fourth-order valence-corrected chi connectivity index (χ4v) is 3.37. The minimum atomic E-state index is -0.530. The first-order chi connectivity index (χ1) is 13.5. The standard InChI is InChI=1S/C20H18FN3O3S/c1-27-16-8-2-13(3-9-16)19-23-17(12-28-19)20(26)24(11-10-18(22)25)15-6-4-14(21)5-7-15/h2-9,12H,10-11H2,1H3,(H2,22,25). The van der Waals surface area contributed by atoms with Gasteiger partial charge in [-0.05, 0) is 48.5 Å². The van der Waals surface area contributed by atoms with Crippen molar-refractivity contribution in [2.24, 2.45) is 5.73 Å². The van der Waals surface area contributed by atoms with E-state index in [1.807, 2.05) is 24.3 Å². The number of halogens is 1. The highest BCUT2D eigenvalue weighted by Gasteiger charge is 2.21. The molecular weight excluding hydrogens is 381 g/mol. The summed E-state index contributed by atoms with van der Waals surface area (Å²) in [5.41, 5.74) is 6.79. The molecule has 1 aromatic heterocycles. The molecular formula is C20H18FN3O3S. The van der Waals surface area contributed by atoms with Crippen LogP contribution in [-0.2, 0) is 4.79 Å². The highest BCUT2D eigenvalue weighted by atomic mass is 32.1. The van der Waals surface area contributed by atoms with Crippen LogP contribution in [0.2, 0.25) is 0 Å². The molecule has 144 valence electrons. The van der Waals surface area contributed by atoms with Crippen LogP contribution in [-0.4, -0.2) is 30.5 Å². The molecule has 0 fully saturated rings. The van der Waals surface area contributed by atoms with E-state index in [0.717, 1.165) is 11.3 Å². The zero-order valence-corrected chi connectivity index (χ0v) is 15.9. The number of hydrogen-bond acceptors (Lipinski definition) is 5. The van der Waals surface area contributed by atoms with Crippen LogP contribution < -0.4 is 15.4 Å². The third-order valence-corrected chi connectivity index (χ3v) is 4.92. The first-order valence-corrected chi connectivity index (χ1v) is 9.31. The minimum Gasteiger partial charge on any atom is -0.497 e. The number of amides is 2. The zero-order valence-electron chi connectivity index (χ0n) is 15.1. The van der Waals surface area contributed by atoms with Crippen molar-refractivity contribution in [2.45, 2.75) is 6.42 Å². The number of hydrogen-bond donors (Lipinski definition) is 1. The van der Waals surface area contributed by atoms with Crippen molar-refractivity contribution in [1.82, 2.24) is 4.98 Å². The maximum absolute atomic E-state index is 13.2. The smallest absolute Gasteiger partial charge is 0.277 e. The predicted molar refractivity (Wildman–Crippen MR) is 106 cm³/mol. The number of carbonyl (C=O) groups is 2. The van der Waals surface area contributed by atoms with Gasteiger partial charge >= 0.3 is 0 Å². The third-order valence-electron chi connectivity index (χ3n) is 4.03. The lowest BCUT2D eigenvalue weighted by Gasteiger charge is -2.21. The maximum atomic E-state index is 13.2. The van der Waals surface area contributed by atoms with Gasteiger partial charge in [-0.3, -0.25) is 9.59 Å². The van der Waals surface area contributed by atoms with Crippen LogP contribution in [0, 0.1) is 5.82 Å². The van der Waals surface area contributed by atoms with Gasteiger partial charge in [0.1, 0.15) is 22.3 Å². The Morgan fingerprint density at radius 2 is 1.82 bits per heavy atom. The van der Waals surface area contributed by atoms with Crippen LogP contribution in [0.3, 0.4) is 0 Å². The number of anilines is 1. The molecule has 0 saturated carbocycles. The number of nitrogens with zero attached hydrogens (tertiary/aromatic N) is 2. The fourth-order valence-electron chi connectivity index (χ4n) is 2.57. The Labute approximate surface area is 165 Å². The van der Waals surface area contributed by atoms with Crippen LogP contribution >= 0.6 is 11.3 Å². The van der Waals surface area contributed by atoms with Gasteiger partial charge in [-0.15, -0.1) is 11.3 Å². The SMILES string of the molecule is COc1ccc(-c2nc(C(=O)N(CCC(N)=O)c3ccc(F)cc3)cs2)cc1. The second-order valence-electron chi connectivity index (χ2n) is 5.92. The summed E-state index contributed by atoms with van der Waals surface area (Å²) in [4.78, 5) is 30.0. The Kier molecular flexibility index (Phi) is 6.00. The van der Waals surface area contributed by atoms with Gasteiger partial charge in [0.15, 0.2) is 0 Å². The normalized spacial score (nSPS) is 10.5. The summed E-state index contributed by atoms with van der Waals surface area (Å²) in [5.74, 6) is -0.604. The molecule has 6 nitrogen and oxygen atoms in total. The molecule has 0 saturated heterocycles. The second-order valence-corrected chi connectivity index (χ2v) is 6.77. The van der Waals surface area contributed by atoms with Crippen molar-refractivity contribution in [1.29, 1.82) is 0 Å². The largest absolute Gasteiger partial charge is 0.497 e. The highest BCUT2D eigenvalue weighted by molar-refractivity contribution is 7.13. The Morgan fingerprint density at radius 3 is 2.43 bits per heavy atom. The van der Waals surface area contributed by atoms with Crippen molar-refractivity contribution in [3.63, 3.8) is 0 Å². The van der Waals surface area contributed by atoms with Gasteiger partial charge in [-0.25, -0.2) is 9.37 Å². The van der Waals surface area contributed by atoms with Gasteiger partial charge in [-0.2, -0.15) is 0 Å². The number of rotatable bonds is 7. The molecule has 0 bridgehead atoms. The summed E-state index contributed by atoms with van der Waals surface area (Å²) in [6.45, 7) is 0.0786. The van der Waals surface area contributed by atoms with E-state index >= 15 is 0 Å². The van der Waals surface area contributed by atoms with Gasteiger partial charge in [0.05, 0.1) is 7.11 Å². The van der Waals surface area contributed by atoms with Gasteiger partial charge in [0, 0.05) is 29.6 Å². The highest BCUT2D eigenvalue weighted by Crippen LogP contribution is 2.27. The molecule has 2 N–H and O–H groups in total. The number of primary amides is 1. The molecule has 3 aromatic rings. The quantitative estimate of drug-likeness (QED) is 0.659. The number of ether oxygens (including phenoxy) is 1. The molecule has 3 rings (SSSR count). The molecule has 0 aliphatic heterocycles. The molecule has 0 aliphatic rings. The molecule has 1 heterocycles. The van der Waals surface area contributed by atoms with E-state index in [4.69, 9.17) is 10.5 Å². The Morgan fingerprint density at radius 1 is 1.14 bits per heavy atom. The van der Waals surface area contributed by atoms with E-state index in [1.54, 1.807) is 12.5 Å². The minimum absolute atomic E-state index is 0.0153. The Hall–Kier alpha value is -3.26. The van der Waals surface area contributed by atoms with Gasteiger partial charge in [0.25, 0.3) is 5.91 Å². The number of nitrogens with two attached hydrogens (primary N) is 1. The number of methoxy groups -OCH3 is 1. The average molecular weight is 399 g/mol. The average Bonchev–Trinajstić information content (AvgIpc) is 3.19. The summed E-state index contributed by atoms with van der Waals surface area (Å²) in [6, 6.07) is 12.8. The van der Waals surface area contributed by atoms with Crippen LogP contribution in [0.15, 0.2) is 53.9 Å². The predicted octanol–water partition coefficient (Wildman–Crippen LogP) is 3.48. The van der Waals surface area contributed by atoms with E-state index in [1.165, 1.54) is 40.5 Å². The summed E-state index contributed by atoms with van der Waals surface area (Å²) in [7, 11) is 1.59. The Balaban J connectivity index is 1.86. The lowest BCUT2D eigenvalue weighted by Crippen LogP contribution is -2.34. The molecule has 0 atom stereocenters. The number of benzene rings is 2. The van der Waals surface area contributed by atoms with Gasteiger partial charge < -0.3 is 15.4 Å². The Bertz CT molecular complexity index is 971. The molecule has 2 aromatic carbocycles. The molecule has 0 spiro atoms. The van der Waals surface area contributed by atoms with Crippen molar-refractivity contribution in [3.8, 4) is 16.3 Å². The number of thiazole rings is 1. The van der Waals surface area contributed by atoms with Gasteiger partial charge in [0.2, 0.25) is 5.91 Å². The molecule has 0 aliphatic carbocycles. The van der Waals surface area contributed by atoms with Crippen molar-refractivity contribution in [3.05, 3.63) is 65.4 Å². The molecule has 0 radical (unpaired) electrons. The van der Waals surface area contributed by atoms with Gasteiger partial charge in [-0.1, -0.05) is 0 Å². The molecule has 8 heteroatoms. The van der Waals surface area contributed by atoms with E-state index in [2.05, 4.69) is 4.98 Å². The summed E-state index contributed by atoms with van der Waals surface area (Å²) in [6.07, 6.45) is -0.0153. The lowest BCUT2D eigenvalue weighted by atomic mass is 10.2. The number of aromatic nitrogens is 1. The first-order valence-electron chi connectivity index (χ1n) is 8.43. The van der Waals surface area contributed by atoms with Crippen molar-refractivity contribution in [2.75, 3.05) is 18.6 Å². The maximum Gasteiger partial charge on any atom is 0.277 e. The summed E-state index contributed by atoms with van der Waals surface area (Å²) in [5, 5.41) is 2.34. The van der Waals surface area contributed by atoms with Crippen LogP contribution in [0.1, 0.15) is 16.9 Å². The zero-order chi connectivity index (χ0) is 20.1. The van der Waals surface area contributed by atoms with Crippen LogP contribution in [0.25, 0.3) is 10.6 Å². The van der Waals surface area contributed by atoms with E-state index < -0.39 is 11.7 Å². The topological polar surface area (TPSA) is 85.5 Å². The lowest BCUT2D eigenvalue weighted by molar-refractivity contribution is -0.117. The molecule has 0 unspecified atom stereocenters. The van der Waals surface area contributed by atoms with Crippen LogP contribution in [0.4, 0.5) is 10.1 Å². The number of carbonyl (C=O) groups excluding carboxylic acids is 2. The van der Waals surface area contributed by atoms with Crippen molar-refractivity contribution >= 4 is 28.8 Å². The summed E-state index contributed by atoms with van der Waals surface area (Å²) >= 11 is 1.33. The fraction of sp³-hybridized carbons (Fsp3) is 0.150. The third kappa shape index (κ3) is 4.52. The van der Waals surface area contributed by atoms with E-state index in [-0.39, 0.29) is 24.6 Å². The van der Waals surface area contributed by atoms with Crippen LogP contribution in [0.5, 0.6) is 5.75 Å². The molecule has 2 amide bonds. The second kappa shape index (κ2) is 8.62. The first kappa shape index (κ1) is 19.5.